The maximum absolute atomic E-state index is 13.0. The molecule has 1 N–H and O–H groups in total. The van der Waals surface area contributed by atoms with E-state index in [1.165, 1.54) is 0 Å². The lowest BCUT2D eigenvalue weighted by Crippen LogP contribution is -2.43. The van der Waals surface area contributed by atoms with Gasteiger partial charge in [-0.1, -0.05) is 51.0 Å². The second-order valence-electron chi connectivity index (χ2n) is 6.73. The Balaban J connectivity index is 2.30. The number of carbonyl (C=O) groups is 1. The van der Waals surface area contributed by atoms with E-state index in [1.807, 2.05) is 50.2 Å². The van der Waals surface area contributed by atoms with Gasteiger partial charge in [0.15, 0.2) is 0 Å². The van der Waals surface area contributed by atoms with Gasteiger partial charge in [0.25, 0.3) is 5.91 Å². The lowest BCUT2D eigenvalue weighted by atomic mass is 9.97. The second kappa shape index (κ2) is 9.58. The fourth-order valence-electron chi connectivity index (χ4n) is 3.01. The summed E-state index contributed by atoms with van der Waals surface area (Å²) in [6.45, 7) is 9.22. The van der Waals surface area contributed by atoms with Crippen molar-refractivity contribution in [1.29, 1.82) is 0 Å². The highest BCUT2D eigenvalue weighted by molar-refractivity contribution is 6.06. The van der Waals surface area contributed by atoms with Gasteiger partial charge < -0.3 is 14.8 Å². The van der Waals surface area contributed by atoms with E-state index in [0.29, 0.717) is 19.6 Å². The first-order valence-electron chi connectivity index (χ1n) is 9.65. The summed E-state index contributed by atoms with van der Waals surface area (Å²) in [5.41, 5.74) is -0.0250. The summed E-state index contributed by atoms with van der Waals surface area (Å²) in [6, 6.07) is 11.8. The van der Waals surface area contributed by atoms with Gasteiger partial charge in [0.1, 0.15) is 11.4 Å². The molecule has 0 fully saturated rings. The van der Waals surface area contributed by atoms with Gasteiger partial charge in [-0.05, 0) is 38.8 Å². The summed E-state index contributed by atoms with van der Waals surface area (Å²) in [5, 5.41) is 5.06. The van der Waals surface area contributed by atoms with Gasteiger partial charge in [-0.15, -0.1) is 0 Å². The minimum Gasteiger partial charge on any atom is -0.493 e. The van der Waals surface area contributed by atoms with E-state index in [4.69, 9.17) is 9.47 Å². The van der Waals surface area contributed by atoms with Crippen molar-refractivity contribution in [1.82, 2.24) is 0 Å². The number of ether oxygens (including phenoxy) is 2. The van der Waals surface area contributed by atoms with Gasteiger partial charge in [-0.3, -0.25) is 4.79 Å². The predicted octanol–water partition coefficient (Wildman–Crippen LogP) is 5.55. The SMILES string of the molecule is CCCC[C@@](C)(OCCC)C(=O)Nc1ccc(OCC)c2ccccc12. The zero-order valence-corrected chi connectivity index (χ0v) is 16.4. The molecular weight excluding hydrogens is 326 g/mol. The highest BCUT2D eigenvalue weighted by Gasteiger charge is 2.33. The second-order valence-corrected chi connectivity index (χ2v) is 6.73. The Morgan fingerprint density at radius 2 is 1.77 bits per heavy atom. The quantitative estimate of drug-likeness (QED) is 0.606. The molecule has 0 spiro atoms. The highest BCUT2D eigenvalue weighted by atomic mass is 16.5. The fourth-order valence-corrected chi connectivity index (χ4v) is 3.01. The molecule has 0 aromatic heterocycles. The third kappa shape index (κ3) is 4.76. The Labute approximate surface area is 156 Å². The molecule has 2 aromatic carbocycles. The van der Waals surface area contributed by atoms with Crippen LogP contribution in [0.1, 0.15) is 53.4 Å². The van der Waals surface area contributed by atoms with Gasteiger partial charge in [0.2, 0.25) is 0 Å². The zero-order chi connectivity index (χ0) is 19.0. The highest BCUT2D eigenvalue weighted by Crippen LogP contribution is 2.32. The van der Waals surface area contributed by atoms with Gasteiger partial charge in [-0.2, -0.15) is 0 Å². The van der Waals surface area contributed by atoms with Gasteiger partial charge in [0, 0.05) is 23.1 Å². The van der Waals surface area contributed by atoms with E-state index in [1.54, 1.807) is 0 Å². The molecular formula is C22H31NO3. The number of anilines is 1. The summed E-state index contributed by atoms with van der Waals surface area (Å²) >= 11 is 0. The molecule has 1 amide bonds. The van der Waals surface area contributed by atoms with Crippen LogP contribution in [0.3, 0.4) is 0 Å². The minimum atomic E-state index is -0.814. The van der Waals surface area contributed by atoms with Crippen LogP contribution in [0.2, 0.25) is 0 Å². The molecule has 4 heteroatoms. The standard InChI is InChI=1S/C22H31NO3/c1-5-8-15-22(4,26-16-6-2)21(24)23-19-13-14-20(25-7-3)18-12-10-9-11-17(18)19/h9-14H,5-8,15-16H2,1-4H3,(H,23,24)/t22-/m1/s1. The van der Waals surface area contributed by atoms with Crippen molar-refractivity contribution in [2.75, 3.05) is 18.5 Å². The molecule has 0 saturated carbocycles. The fraction of sp³-hybridized carbons (Fsp3) is 0.500. The van der Waals surface area contributed by atoms with Crippen LogP contribution >= 0.6 is 0 Å². The molecule has 1 atom stereocenters. The number of fused-ring (bicyclic) bond motifs is 1. The molecule has 0 aliphatic carbocycles. The smallest absolute Gasteiger partial charge is 0.256 e. The Morgan fingerprint density at radius 3 is 2.42 bits per heavy atom. The number of unbranched alkanes of at least 4 members (excludes halogenated alkanes) is 1. The van der Waals surface area contributed by atoms with Crippen LogP contribution < -0.4 is 10.1 Å². The number of benzene rings is 2. The topological polar surface area (TPSA) is 47.6 Å². The Hall–Kier alpha value is -2.07. The van der Waals surface area contributed by atoms with Gasteiger partial charge in [0.05, 0.1) is 6.61 Å². The normalized spacial score (nSPS) is 13.4. The summed E-state index contributed by atoms with van der Waals surface area (Å²) in [5.74, 6) is 0.741. The van der Waals surface area contributed by atoms with Crippen molar-refractivity contribution >= 4 is 22.4 Å². The van der Waals surface area contributed by atoms with Crippen LogP contribution in [0.4, 0.5) is 5.69 Å². The third-order valence-electron chi connectivity index (χ3n) is 4.54. The molecule has 0 unspecified atom stereocenters. The monoisotopic (exact) mass is 357 g/mol. The predicted molar refractivity (Wildman–Crippen MR) is 108 cm³/mol. The van der Waals surface area contributed by atoms with Crippen LogP contribution in [-0.2, 0) is 9.53 Å². The first kappa shape index (κ1) is 20.2. The number of hydrogen-bond acceptors (Lipinski definition) is 3. The van der Waals surface area contributed by atoms with Crippen LogP contribution in [0.25, 0.3) is 10.8 Å². The molecule has 142 valence electrons. The van der Waals surface area contributed by atoms with Crippen LogP contribution in [0.15, 0.2) is 36.4 Å². The van der Waals surface area contributed by atoms with Crippen molar-refractivity contribution in [3.05, 3.63) is 36.4 Å². The van der Waals surface area contributed by atoms with Crippen molar-refractivity contribution < 1.29 is 14.3 Å². The van der Waals surface area contributed by atoms with E-state index in [-0.39, 0.29) is 5.91 Å². The van der Waals surface area contributed by atoms with E-state index >= 15 is 0 Å². The van der Waals surface area contributed by atoms with E-state index in [2.05, 4.69) is 19.2 Å². The number of rotatable bonds is 10. The maximum atomic E-state index is 13.0. The number of nitrogens with one attached hydrogen (secondary N) is 1. The minimum absolute atomic E-state index is 0.0892. The third-order valence-corrected chi connectivity index (χ3v) is 4.54. The molecule has 0 saturated heterocycles. The summed E-state index contributed by atoms with van der Waals surface area (Å²) < 4.78 is 11.7. The van der Waals surface area contributed by atoms with Crippen molar-refractivity contribution in [3.63, 3.8) is 0 Å². The number of carbonyl (C=O) groups excluding carboxylic acids is 1. The molecule has 0 bridgehead atoms. The largest absolute Gasteiger partial charge is 0.493 e. The molecule has 2 rings (SSSR count). The summed E-state index contributed by atoms with van der Waals surface area (Å²) in [6.07, 6.45) is 3.59. The van der Waals surface area contributed by atoms with E-state index in [9.17, 15) is 4.79 Å². The lowest BCUT2D eigenvalue weighted by Gasteiger charge is -2.29. The average molecular weight is 357 g/mol. The van der Waals surface area contributed by atoms with Crippen LogP contribution in [0, 0.1) is 0 Å². The first-order valence-corrected chi connectivity index (χ1v) is 9.65. The summed E-state index contributed by atoms with van der Waals surface area (Å²) in [7, 11) is 0. The number of amides is 1. The lowest BCUT2D eigenvalue weighted by molar-refractivity contribution is -0.140. The van der Waals surface area contributed by atoms with E-state index in [0.717, 1.165) is 41.5 Å². The summed E-state index contributed by atoms with van der Waals surface area (Å²) in [4.78, 5) is 13.0. The Bertz CT molecular complexity index is 718. The van der Waals surface area contributed by atoms with Crippen molar-refractivity contribution in [2.24, 2.45) is 0 Å². The maximum Gasteiger partial charge on any atom is 0.256 e. The molecule has 26 heavy (non-hydrogen) atoms. The van der Waals surface area contributed by atoms with Crippen LogP contribution in [0.5, 0.6) is 5.75 Å². The molecule has 0 aliphatic heterocycles. The molecule has 0 radical (unpaired) electrons. The van der Waals surface area contributed by atoms with Crippen molar-refractivity contribution in [2.45, 2.75) is 59.0 Å². The van der Waals surface area contributed by atoms with E-state index < -0.39 is 5.60 Å². The molecule has 2 aromatic rings. The average Bonchev–Trinajstić information content (AvgIpc) is 2.66. The van der Waals surface area contributed by atoms with Gasteiger partial charge >= 0.3 is 0 Å². The molecule has 0 aliphatic rings. The zero-order valence-electron chi connectivity index (χ0n) is 16.4. The molecule has 4 nitrogen and oxygen atoms in total. The number of hydrogen-bond donors (Lipinski definition) is 1. The van der Waals surface area contributed by atoms with Gasteiger partial charge in [-0.25, -0.2) is 0 Å². The Kier molecular flexibility index (Phi) is 7.46. The Morgan fingerprint density at radius 1 is 1.04 bits per heavy atom. The van der Waals surface area contributed by atoms with Crippen LogP contribution in [-0.4, -0.2) is 24.7 Å². The first-order chi connectivity index (χ1) is 12.6. The van der Waals surface area contributed by atoms with Crippen molar-refractivity contribution in [3.8, 4) is 5.75 Å². The molecule has 0 heterocycles.